The standard InChI is InChI=1S/C23H25N3O2S/c1-7-25-15(6)16(17-10-13(4)8-9-18(17)25)11-19-21(27)26-22(28)20(12(2)3)14(5)24-23(26)29-19/h8-12H,7H2,1-6H3/b19-11-. The minimum atomic E-state index is -0.283. The zero-order valence-corrected chi connectivity index (χ0v) is 18.5. The summed E-state index contributed by atoms with van der Waals surface area (Å²) in [6, 6.07) is 6.39. The van der Waals surface area contributed by atoms with Gasteiger partial charge in [0.15, 0.2) is 0 Å². The molecule has 0 bridgehead atoms. The average Bonchev–Trinajstić information content (AvgIpc) is 3.09. The molecule has 1 aromatic carbocycles. The lowest BCUT2D eigenvalue weighted by Gasteiger charge is -2.07. The molecule has 6 heteroatoms. The minimum Gasteiger partial charge on any atom is -0.345 e. The molecule has 0 radical (unpaired) electrons. The molecule has 0 amide bonds. The summed E-state index contributed by atoms with van der Waals surface area (Å²) >= 11 is 1.28. The van der Waals surface area contributed by atoms with Gasteiger partial charge in [-0.25, -0.2) is 9.38 Å². The first-order valence-corrected chi connectivity index (χ1v) is 10.7. The summed E-state index contributed by atoms with van der Waals surface area (Å²) in [6.45, 7) is 12.9. The molecule has 5 nitrogen and oxygen atoms in total. The predicted molar refractivity (Wildman–Crippen MR) is 120 cm³/mol. The van der Waals surface area contributed by atoms with Crippen molar-refractivity contribution in [3.8, 4) is 0 Å². The summed E-state index contributed by atoms with van der Waals surface area (Å²) in [4.78, 5) is 31.1. The molecule has 3 heterocycles. The minimum absolute atomic E-state index is 0.0198. The van der Waals surface area contributed by atoms with Gasteiger partial charge in [-0.05, 0) is 51.8 Å². The number of aromatic nitrogens is 3. The molecular formula is C23H25N3O2S. The summed E-state index contributed by atoms with van der Waals surface area (Å²) in [6.07, 6.45) is 1.93. The number of benzene rings is 1. The van der Waals surface area contributed by atoms with Crippen molar-refractivity contribution >= 4 is 33.3 Å². The van der Waals surface area contributed by atoms with Crippen LogP contribution in [0.1, 0.15) is 54.8 Å². The fourth-order valence-corrected chi connectivity index (χ4v) is 5.21. The SMILES string of the molecule is CCn1c(C)c(/C=c2\sc3nc(C)c(C(C)C)c(=O)n3c2=O)c2cc(C)ccc21. The Bertz CT molecular complexity index is 1440. The highest BCUT2D eigenvalue weighted by Crippen LogP contribution is 2.27. The van der Waals surface area contributed by atoms with Crippen LogP contribution in [-0.4, -0.2) is 14.0 Å². The lowest BCUT2D eigenvalue weighted by atomic mass is 10.0. The molecule has 0 N–H and O–H groups in total. The molecule has 0 saturated carbocycles. The number of thiazole rings is 1. The number of rotatable bonds is 3. The van der Waals surface area contributed by atoms with Gasteiger partial charge in [0.25, 0.3) is 11.1 Å². The fourth-order valence-electron chi connectivity index (χ4n) is 4.21. The number of fused-ring (bicyclic) bond motifs is 2. The summed E-state index contributed by atoms with van der Waals surface area (Å²) < 4.78 is 4.03. The molecule has 4 rings (SSSR count). The van der Waals surface area contributed by atoms with Crippen molar-refractivity contribution in [2.24, 2.45) is 0 Å². The van der Waals surface area contributed by atoms with Crippen LogP contribution in [0.15, 0.2) is 27.8 Å². The molecule has 0 atom stereocenters. The second kappa shape index (κ2) is 6.95. The zero-order valence-electron chi connectivity index (χ0n) is 17.7. The summed E-state index contributed by atoms with van der Waals surface area (Å²) in [5, 5.41) is 1.13. The second-order valence-electron chi connectivity index (χ2n) is 7.87. The van der Waals surface area contributed by atoms with E-state index in [1.165, 1.54) is 21.3 Å². The second-order valence-corrected chi connectivity index (χ2v) is 8.88. The number of hydrogen-bond donors (Lipinski definition) is 0. The Morgan fingerprint density at radius 1 is 1.14 bits per heavy atom. The van der Waals surface area contributed by atoms with Gasteiger partial charge in [0.1, 0.15) is 0 Å². The topological polar surface area (TPSA) is 56.4 Å². The maximum Gasteiger partial charge on any atom is 0.277 e. The smallest absolute Gasteiger partial charge is 0.277 e. The Kier molecular flexibility index (Phi) is 4.69. The fraction of sp³-hybridized carbons (Fsp3) is 0.348. The van der Waals surface area contributed by atoms with E-state index in [0.717, 1.165) is 28.7 Å². The first-order valence-electron chi connectivity index (χ1n) is 9.91. The van der Waals surface area contributed by atoms with Crippen molar-refractivity contribution in [1.29, 1.82) is 0 Å². The molecule has 0 spiro atoms. The van der Waals surface area contributed by atoms with Gasteiger partial charge in [-0.15, -0.1) is 0 Å². The molecule has 0 aliphatic carbocycles. The molecule has 0 aliphatic rings. The maximum absolute atomic E-state index is 13.1. The van der Waals surface area contributed by atoms with Gasteiger partial charge >= 0.3 is 0 Å². The molecule has 0 saturated heterocycles. The van der Waals surface area contributed by atoms with Crippen molar-refractivity contribution in [2.75, 3.05) is 0 Å². The van der Waals surface area contributed by atoms with E-state index in [1.54, 1.807) is 0 Å². The van der Waals surface area contributed by atoms with Crippen molar-refractivity contribution < 1.29 is 0 Å². The van der Waals surface area contributed by atoms with Crippen LogP contribution < -0.4 is 15.7 Å². The largest absolute Gasteiger partial charge is 0.345 e. The van der Waals surface area contributed by atoms with Gasteiger partial charge < -0.3 is 4.57 Å². The van der Waals surface area contributed by atoms with Crippen LogP contribution in [0.3, 0.4) is 0 Å². The van der Waals surface area contributed by atoms with Crippen LogP contribution in [-0.2, 0) is 6.54 Å². The van der Waals surface area contributed by atoms with E-state index in [-0.39, 0.29) is 17.0 Å². The highest BCUT2D eigenvalue weighted by Gasteiger charge is 2.18. The van der Waals surface area contributed by atoms with Crippen LogP contribution in [0.25, 0.3) is 21.9 Å². The highest BCUT2D eigenvalue weighted by molar-refractivity contribution is 7.15. The van der Waals surface area contributed by atoms with Gasteiger partial charge in [-0.2, -0.15) is 0 Å². The van der Waals surface area contributed by atoms with Gasteiger partial charge in [-0.1, -0.05) is 36.8 Å². The van der Waals surface area contributed by atoms with Crippen LogP contribution in [0.2, 0.25) is 0 Å². The lowest BCUT2D eigenvalue weighted by Crippen LogP contribution is -2.33. The Labute approximate surface area is 172 Å². The van der Waals surface area contributed by atoms with E-state index >= 15 is 0 Å². The van der Waals surface area contributed by atoms with Crippen LogP contribution in [0.5, 0.6) is 0 Å². The quantitative estimate of drug-likeness (QED) is 0.520. The summed E-state index contributed by atoms with van der Waals surface area (Å²) in [5.41, 5.74) is 5.26. The van der Waals surface area contributed by atoms with Gasteiger partial charge in [-0.3, -0.25) is 9.59 Å². The Balaban J connectivity index is 2.09. The molecule has 150 valence electrons. The first-order chi connectivity index (χ1) is 13.7. The lowest BCUT2D eigenvalue weighted by molar-refractivity contribution is 0.768. The third kappa shape index (κ3) is 2.94. The molecule has 3 aromatic heterocycles. The van der Waals surface area contributed by atoms with E-state index in [1.807, 2.05) is 26.8 Å². The molecule has 0 unspecified atom stereocenters. The highest BCUT2D eigenvalue weighted by atomic mass is 32.1. The van der Waals surface area contributed by atoms with Gasteiger partial charge in [0.2, 0.25) is 4.96 Å². The van der Waals surface area contributed by atoms with E-state index < -0.39 is 0 Å². The van der Waals surface area contributed by atoms with Crippen LogP contribution >= 0.6 is 11.3 Å². The first kappa shape index (κ1) is 19.6. The third-order valence-corrected chi connectivity index (χ3v) is 6.56. The normalized spacial score (nSPS) is 12.7. The Morgan fingerprint density at radius 3 is 2.52 bits per heavy atom. The summed E-state index contributed by atoms with van der Waals surface area (Å²) in [5.74, 6) is 0.0198. The number of aryl methyl sites for hydroxylation is 3. The van der Waals surface area contributed by atoms with Crippen LogP contribution in [0.4, 0.5) is 0 Å². The molecular weight excluding hydrogens is 382 g/mol. The van der Waals surface area contributed by atoms with Gasteiger partial charge in [0, 0.05) is 40.0 Å². The van der Waals surface area contributed by atoms with Crippen molar-refractivity contribution in [2.45, 2.75) is 54.0 Å². The zero-order chi connectivity index (χ0) is 21.0. The average molecular weight is 408 g/mol. The maximum atomic E-state index is 13.1. The Hall–Kier alpha value is -2.73. The predicted octanol–water partition coefficient (Wildman–Crippen LogP) is 3.69. The monoisotopic (exact) mass is 407 g/mol. The third-order valence-electron chi connectivity index (χ3n) is 5.59. The van der Waals surface area contributed by atoms with E-state index in [9.17, 15) is 9.59 Å². The molecule has 29 heavy (non-hydrogen) atoms. The van der Waals surface area contributed by atoms with E-state index in [2.05, 4.69) is 48.5 Å². The molecule has 4 aromatic rings. The van der Waals surface area contributed by atoms with E-state index in [4.69, 9.17) is 0 Å². The Morgan fingerprint density at radius 2 is 1.86 bits per heavy atom. The van der Waals surface area contributed by atoms with Crippen molar-refractivity contribution in [3.05, 3.63) is 71.5 Å². The van der Waals surface area contributed by atoms with Crippen molar-refractivity contribution in [3.63, 3.8) is 0 Å². The summed E-state index contributed by atoms with van der Waals surface area (Å²) in [7, 11) is 0. The van der Waals surface area contributed by atoms with E-state index in [0.29, 0.717) is 20.8 Å². The van der Waals surface area contributed by atoms with Gasteiger partial charge in [0.05, 0.1) is 4.53 Å². The number of hydrogen-bond acceptors (Lipinski definition) is 4. The molecule has 0 aliphatic heterocycles. The van der Waals surface area contributed by atoms with Crippen LogP contribution in [0, 0.1) is 20.8 Å². The molecule has 0 fully saturated rings. The number of nitrogens with zero attached hydrogens (tertiary/aromatic N) is 3. The van der Waals surface area contributed by atoms with Crippen molar-refractivity contribution in [1.82, 2.24) is 14.0 Å².